The maximum absolute atomic E-state index is 5.41. The van der Waals surface area contributed by atoms with Crippen LogP contribution in [-0.2, 0) is 0 Å². The Kier molecular flexibility index (Phi) is 3.67. The predicted molar refractivity (Wildman–Crippen MR) is 67.1 cm³/mol. The maximum Gasteiger partial charge on any atom is 0.119 e. The van der Waals surface area contributed by atoms with E-state index in [2.05, 4.69) is 29.4 Å². The number of hydrogen-bond acceptors (Lipinski definition) is 3. The van der Waals surface area contributed by atoms with Gasteiger partial charge in [-0.15, -0.1) is 0 Å². The number of likely N-dealkylation sites (N-methyl/N-ethyl adjacent to an activating group) is 1. The number of ether oxygens (including phenoxy) is 1. The highest BCUT2D eigenvalue weighted by atomic mass is 16.5. The van der Waals surface area contributed by atoms with Gasteiger partial charge in [0.1, 0.15) is 5.75 Å². The normalized spacial score (nSPS) is 21.0. The zero-order valence-electron chi connectivity index (χ0n) is 10.1. The van der Waals surface area contributed by atoms with Crippen molar-refractivity contribution in [2.24, 2.45) is 0 Å². The fourth-order valence-corrected chi connectivity index (χ4v) is 2.10. The quantitative estimate of drug-likeness (QED) is 0.842. The molecule has 0 radical (unpaired) electrons. The first-order valence-electron chi connectivity index (χ1n) is 5.96. The largest absolute Gasteiger partial charge is 0.494 e. The van der Waals surface area contributed by atoms with E-state index in [1.54, 1.807) is 0 Å². The van der Waals surface area contributed by atoms with Crippen LogP contribution >= 0.6 is 0 Å². The minimum Gasteiger partial charge on any atom is -0.494 e. The zero-order chi connectivity index (χ0) is 11.4. The molecule has 1 aliphatic rings. The van der Waals surface area contributed by atoms with Crippen molar-refractivity contribution >= 4 is 5.69 Å². The van der Waals surface area contributed by atoms with Crippen molar-refractivity contribution in [3.8, 4) is 5.75 Å². The molecule has 1 aliphatic heterocycles. The van der Waals surface area contributed by atoms with Gasteiger partial charge in [0.05, 0.1) is 6.61 Å². The highest BCUT2D eigenvalue weighted by Gasteiger charge is 2.18. The van der Waals surface area contributed by atoms with E-state index in [4.69, 9.17) is 4.74 Å². The molecule has 0 amide bonds. The van der Waals surface area contributed by atoms with Crippen LogP contribution in [-0.4, -0.2) is 37.7 Å². The third-order valence-electron chi connectivity index (χ3n) is 2.93. The number of rotatable bonds is 4. The van der Waals surface area contributed by atoms with Gasteiger partial charge in [-0.2, -0.15) is 0 Å². The lowest BCUT2D eigenvalue weighted by molar-refractivity contribution is 0.340. The summed E-state index contributed by atoms with van der Waals surface area (Å²) in [6.45, 7) is 5.04. The molecular weight excluding hydrogens is 200 g/mol. The van der Waals surface area contributed by atoms with Crippen LogP contribution in [0.3, 0.4) is 0 Å². The second-order valence-electron chi connectivity index (χ2n) is 4.35. The van der Waals surface area contributed by atoms with Crippen LogP contribution in [0.25, 0.3) is 0 Å². The standard InChI is InChI=1S/C13H20N2O/c1-3-16-13-6-4-11(5-7-13)14-12-8-9-15(2)10-12/h4-7,12,14H,3,8-10H2,1-2H3. The Balaban J connectivity index is 1.89. The summed E-state index contributed by atoms with van der Waals surface area (Å²) in [5.74, 6) is 0.941. The Morgan fingerprint density at radius 3 is 2.69 bits per heavy atom. The lowest BCUT2D eigenvalue weighted by Crippen LogP contribution is -2.23. The summed E-state index contributed by atoms with van der Waals surface area (Å²) < 4.78 is 5.41. The van der Waals surface area contributed by atoms with E-state index in [0.29, 0.717) is 6.04 Å². The lowest BCUT2D eigenvalue weighted by atomic mass is 10.2. The third kappa shape index (κ3) is 2.89. The molecule has 3 nitrogen and oxygen atoms in total. The fourth-order valence-electron chi connectivity index (χ4n) is 2.10. The number of hydrogen-bond donors (Lipinski definition) is 1. The molecule has 1 heterocycles. The number of nitrogens with one attached hydrogen (secondary N) is 1. The minimum atomic E-state index is 0.586. The summed E-state index contributed by atoms with van der Waals surface area (Å²) in [6.07, 6.45) is 1.23. The molecule has 0 bridgehead atoms. The van der Waals surface area contributed by atoms with Gasteiger partial charge in [-0.1, -0.05) is 0 Å². The summed E-state index contributed by atoms with van der Waals surface area (Å²) in [6, 6.07) is 8.80. The number of anilines is 1. The second-order valence-corrected chi connectivity index (χ2v) is 4.35. The summed E-state index contributed by atoms with van der Waals surface area (Å²) in [4.78, 5) is 2.35. The average molecular weight is 220 g/mol. The molecule has 3 heteroatoms. The summed E-state index contributed by atoms with van der Waals surface area (Å²) in [5.41, 5.74) is 1.18. The van der Waals surface area contributed by atoms with Crippen LogP contribution in [0.1, 0.15) is 13.3 Å². The molecule has 0 aromatic heterocycles. The zero-order valence-corrected chi connectivity index (χ0v) is 10.1. The SMILES string of the molecule is CCOc1ccc(NC2CCN(C)C2)cc1. The first-order valence-corrected chi connectivity index (χ1v) is 5.96. The number of nitrogens with zero attached hydrogens (tertiary/aromatic N) is 1. The van der Waals surface area contributed by atoms with Crippen molar-refractivity contribution in [1.82, 2.24) is 4.90 Å². The van der Waals surface area contributed by atoms with Crippen molar-refractivity contribution in [3.63, 3.8) is 0 Å². The Hall–Kier alpha value is -1.22. The van der Waals surface area contributed by atoms with Crippen LogP contribution in [0.4, 0.5) is 5.69 Å². The first-order chi connectivity index (χ1) is 7.78. The van der Waals surface area contributed by atoms with Crippen molar-refractivity contribution < 1.29 is 4.74 Å². The van der Waals surface area contributed by atoms with E-state index in [1.165, 1.54) is 18.7 Å². The van der Waals surface area contributed by atoms with Crippen LogP contribution < -0.4 is 10.1 Å². The molecular formula is C13H20N2O. The number of benzene rings is 1. The van der Waals surface area contributed by atoms with E-state index in [1.807, 2.05) is 19.1 Å². The van der Waals surface area contributed by atoms with Crippen LogP contribution in [0, 0.1) is 0 Å². The van der Waals surface area contributed by atoms with Gasteiger partial charge in [0.15, 0.2) is 0 Å². The number of likely N-dealkylation sites (tertiary alicyclic amines) is 1. The van der Waals surface area contributed by atoms with E-state index < -0.39 is 0 Å². The van der Waals surface area contributed by atoms with Gasteiger partial charge < -0.3 is 15.0 Å². The predicted octanol–water partition coefficient (Wildman–Crippen LogP) is 2.20. The Morgan fingerprint density at radius 1 is 1.38 bits per heavy atom. The fraction of sp³-hybridized carbons (Fsp3) is 0.538. The Labute approximate surface area is 97.4 Å². The summed E-state index contributed by atoms with van der Waals surface area (Å²) in [7, 11) is 2.17. The van der Waals surface area contributed by atoms with Crippen LogP contribution in [0.15, 0.2) is 24.3 Å². The van der Waals surface area contributed by atoms with Gasteiger partial charge in [-0.3, -0.25) is 0 Å². The molecule has 1 aromatic rings. The maximum atomic E-state index is 5.41. The van der Waals surface area contributed by atoms with Crippen molar-refractivity contribution in [2.45, 2.75) is 19.4 Å². The van der Waals surface area contributed by atoms with Crippen LogP contribution in [0.2, 0.25) is 0 Å². The van der Waals surface area contributed by atoms with Crippen molar-refractivity contribution in [1.29, 1.82) is 0 Å². The summed E-state index contributed by atoms with van der Waals surface area (Å²) in [5, 5.41) is 3.54. The van der Waals surface area contributed by atoms with Gasteiger partial charge in [-0.25, -0.2) is 0 Å². The van der Waals surface area contributed by atoms with Gasteiger partial charge in [0, 0.05) is 18.3 Å². The molecule has 2 rings (SSSR count). The van der Waals surface area contributed by atoms with E-state index in [-0.39, 0.29) is 0 Å². The molecule has 0 saturated carbocycles. The topological polar surface area (TPSA) is 24.5 Å². The van der Waals surface area contributed by atoms with E-state index in [9.17, 15) is 0 Å². The molecule has 1 saturated heterocycles. The van der Waals surface area contributed by atoms with Crippen LogP contribution in [0.5, 0.6) is 5.75 Å². The molecule has 1 aromatic carbocycles. The molecule has 0 spiro atoms. The highest BCUT2D eigenvalue weighted by Crippen LogP contribution is 2.18. The molecule has 1 fully saturated rings. The smallest absolute Gasteiger partial charge is 0.119 e. The van der Waals surface area contributed by atoms with Gasteiger partial charge >= 0.3 is 0 Å². The highest BCUT2D eigenvalue weighted by molar-refractivity contribution is 5.47. The second kappa shape index (κ2) is 5.21. The third-order valence-corrected chi connectivity index (χ3v) is 2.93. The lowest BCUT2D eigenvalue weighted by Gasteiger charge is -2.14. The van der Waals surface area contributed by atoms with E-state index in [0.717, 1.165) is 18.9 Å². The monoisotopic (exact) mass is 220 g/mol. The minimum absolute atomic E-state index is 0.586. The van der Waals surface area contributed by atoms with Gasteiger partial charge in [0.25, 0.3) is 0 Å². The van der Waals surface area contributed by atoms with E-state index >= 15 is 0 Å². The molecule has 88 valence electrons. The molecule has 1 N–H and O–H groups in total. The Morgan fingerprint density at radius 2 is 2.12 bits per heavy atom. The molecule has 1 unspecified atom stereocenters. The average Bonchev–Trinajstić information content (AvgIpc) is 2.67. The Bertz CT molecular complexity index is 323. The molecule has 0 aliphatic carbocycles. The van der Waals surface area contributed by atoms with Gasteiger partial charge in [0.2, 0.25) is 0 Å². The molecule has 1 atom stereocenters. The molecule has 16 heavy (non-hydrogen) atoms. The van der Waals surface area contributed by atoms with Crippen molar-refractivity contribution in [2.75, 3.05) is 32.1 Å². The van der Waals surface area contributed by atoms with Crippen molar-refractivity contribution in [3.05, 3.63) is 24.3 Å². The summed E-state index contributed by atoms with van der Waals surface area (Å²) >= 11 is 0. The first kappa shape index (κ1) is 11.3. The van der Waals surface area contributed by atoms with Gasteiger partial charge in [-0.05, 0) is 51.2 Å².